The molecule has 2 aromatic rings. The zero-order chi connectivity index (χ0) is 21.3. The zero-order valence-corrected chi connectivity index (χ0v) is 18.5. The number of fused-ring (bicyclic) bond motifs is 1. The van der Waals surface area contributed by atoms with Gasteiger partial charge in [-0.2, -0.15) is 4.31 Å². The Hall–Kier alpha value is -1.90. The van der Waals surface area contributed by atoms with Gasteiger partial charge < -0.3 is 4.90 Å². The van der Waals surface area contributed by atoms with E-state index in [9.17, 15) is 17.6 Å². The molecule has 1 fully saturated rings. The summed E-state index contributed by atoms with van der Waals surface area (Å²) in [6, 6.07) is 12.8. The van der Waals surface area contributed by atoms with Crippen molar-refractivity contribution in [2.75, 3.05) is 24.5 Å². The maximum Gasteiger partial charge on any atom is 0.243 e. The highest BCUT2D eigenvalue weighted by atomic mass is 32.2. The zero-order valence-electron chi connectivity index (χ0n) is 16.8. The number of hydrogen-bond acceptors (Lipinski definition) is 4. The van der Waals surface area contributed by atoms with Crippen molar-refractivity contribution >= 4 is 33.4 Å². The molecule has 2 atom stereocenters. The van der Waals surface area contributed by atoms with E-state index in [4.69, 9.17) is 0 Å². The van der Waals surface area contributed by atoms with Crippen LogP contribution in [-0.4, -0.2) is 43.5 Å². The van der Waals surface area contributed by atoms with Gasteiger partial charge in [0.05, 0.1) is 16.5 Å². The Balaban J connectivity index is 1.56. The van der Waals surface area contributed by atoms with Gasteiger partial charge in [0, 0.05) is 29.8 Å². The molecule has 0 aromatic heterocycles. The van der Waals surface area contributed by atoms with E-state index in [0.717, 1.165) is 29.1 Å². The van der Waals surface area contributed by atoms with Gasteiger partial charge in [-0.05, 0) is 55.7 Å². The largest absolute Gasteiger partial charge is 0.311 e. The van der Waals surface area contributed by atoms with Crippen LogP contribution >= 0.6 is 11.8 Å². The lowest BCUT2D eigenvalue weighted by molar-refractivity contribution is -0.123. The van der Waals surface area contributed by atoms with Crippen LogP contribution < -0.4 is 4.90 Å². The van der Waals surface area contributed by atoms with Crippen LogP contribution in [0.4, 0.5) is 10.1 Å². The third-order valence-corrected chi connectivity index (χ3v) is 8.81. The van der Waals surface area contributed by atoms with Crippen molar-refractivity contribution < 1.29 is 17.6 Å². The van der Waals surface area contributed by atoms with Crippen LogP contribution in [0.3, 0.4) is 0 Å². The highest BCUT2D eigenvalue weighted by molar-refractivity contribution is 8.00. The van der Waals surface area contributed by atoms with Crippen molar-refractivity contribution in [3.63, 3.8) is 0 Å². The van der Waals surface area contributed by atoms with Gasteiger partial charge in [-0.15, -0.1) is 11.8 Å². The first-order valence-corrected chi connectivity index (χ1v) is 12.5. The summed E-state index contributed by atoms with van der Waals surface area (Å²) in [4.78, 5) is 16.5. The second-order valence-corrected chi connectivity index (χ2v) is 11.2. The molecule has 0 radical (unpaired) electrons. The number of amides is 1. The SMILES string of the molecule is C[C@H]1CCN(C(=O)[C@@H]2CCCN(S(=O)(=O)c3ccc(F)cc3)C2)c2ccccc2S1. The fourth-order valence-electron chi connectivity index (χ4n) is 4.05. The molecule has 1 amide bonds. The standard InChI is InChI=1S/C22H25FN2O3S2/c1-16-12-14-25(20-6-2-3-7-21(20)29-16)22(26)17-5-4-13-24(15-17)30(27,28)19-10-8-18(23)9-11-19/h2-3,6-11,16-17H,4-5,12-15H2,1H3/t16-,17+/m0/s1. The highest BCUT2D eigenvalue weighted by Gasteiger charge is 2.36. The third kappa shape index (κ3) is 4.26. The summed E-state index contributed by atoms with van der Waals surface area (Å²) in [5, 5.41) is 0.408. The van der Waals surface area contributed by atoms with E-state index in [1.165, 1.54) is 16.4 Å². The molecule has 0 unspecified atom stereocenters. The highest BCUT2D eigenvalue weighted by Crippen LogP contribution is 2.38. The summed E-state index contributed by atoms with van der Waals surface area (Å²) < 4.78 is 40.6. The Bertz CT molecular complexity index is 1030. The van der Waals surface area contributed by atoms with Crippen LogP contribution in [-0.2, 0) is 14.8 Å². The topological polar surface area (TPSA) is 57.7 Å². The molecule has 160 valence electrons. The van der Waals surface area contributed by atoms with Gasteiger partial charge in [0.25, 0.3) is 0 Å². The predicted molar refractivity (Wildman–Crippen MR) is 117 cm³/mol. The van der Waals surface area contributed by atoms with E-state index in [2.05, 4.69) is 6.92 Å². The minimum atomic E-state index is -3.76. The molecule has 2 heterocycles. The van der Waals surface area contributed by atoms with Crippen LogP contribution in [0.15, 0.2) is 58.3 Å². The van der Waals surface area contributed by atoms with Crippen LogP contribution in [0.2, 0.25) is 0 Å². The van der Waals surface area contributed by atoms with Gasteiger partial charge in [-0.25, -0.2) is 12.8 Å². The van der Waals surface area contributed by atoms with E-state index in [0.29, 0.717) is 31.2 Å². The summed E-state index contributed by atoms with van der Waals surface area (Å²) in [6.45, 7) is 3.31. The number of nitrogens with zero attached hydrogens (tertiary/aromatic N) is 2. The van der Waals surface area contributed by atoms with Crippen molar-refractivity contribution in [1.82, 2.24) is 4.31 Å². The fraction of sp³-hybridized carbons (Fsp3) is 0.409. The Morgan fingerprint density at radius 1 is 1.07 bits per heavy atom. The van der Waals surface area contributed by atoms with Crippen LogP contribution in [0.5, 0.6) is 0 Å². The number of piperidine rings is 1. The number of para-hydroxylation sites is 1. The van der Waals surface area contributed by atoms with Gasteiger partial charge in [-0.1, -0.05) is 19.1 Å². The summed E-state index contributed by atoms with van der Waals surface area (Å²) in [7, 11) is -3.76. The first-order valence-electron chi connectivity index (χ1n) is 10.2. The molecular weight excluding hydrogens is 423 g/mol. The summed E-state index contributed by atoms with van der Waals surface area (Å²) in [6.07, 6.45) is 2.17. The van der Waals surface area contributed by atoms with Gasteiger partial charge >= 0.3 is 0 Å². The lowest BCUT2D eigenvalue weighted by atomic mass is 9.97. The summed E-state index contributed by atoms with van der Waals surface area (Å²) >= 11 is 1.77. The molecular formula is C22H25FN2O3S2. The number of sulfonamides is 1. The molecule has 0 bridgehead atoms. The minimum Gasteiger partial charge on any atom is -0.311 e. The van der Waals surface area contributed by atoms with Crippen LogP contribution in [0, 0.1) is 11.7 Å². The average molecular weight is 449 g/mol. The van der Waals surface area contributed by atoms with Gasteiger partial charge in [0.2, 0.25) is 15.9 Å². The number of hydrogen-bond donors (Lipinski definition) is 0. The van der Waals surface area contributed by atoms with Gasteiger partial charge in [0.15, 0.2) is 0 Å². The molecule has 0 N–H and O–H groups in total. The number of benzene rings is 2. The van der Waals surface area contributed by atoms with E-state index in [-0.39, 0.29) is 23.3 Å². The van der Waals surface area contributed by atoms with E-state index in [1.54, 1.807) is 11.8 Å². The van der Waals surface area contributed by atoms with Crippen molar-refractivity contribution in [1.29, 1.82) is 0 Å². The third-order valence-electron chi connectivity index (χ3n) is 5.69. The van der Waals surface area contributed by atoms with Crippen molar-refractivity contribution in [2.24, 2.45) is 5.92 Å². The molecule has 8 heteroatoms. The van der Waals surface area contributed by atoms with Crippen molar-refractivity contribution in [3.05, 3.63) is 54.3 Å². The lowest BCUT2D eigenvalue weighted by Gasteiger charge is -2.34. The Morgan fingerprint density at radius 2 is 1.80 bits per heavy atom. The molecule has 2 aromatic carbocycles. The Labute approximate surface area is 181 Å². The Kier molecular flexibility index (Phi) is 6.18. The van der Waals surface area contributed by atoms with Gasteiger partial charge in [-0.3, -0.25) is 4.79 Å². The Morgan fingerprint density at radius 3 is 2.57 bits per heavy atom. The molecule has 0 saturated carbocycles. The number of rotatable bonds is 3. The molecule has 4 rings (SSSR count). The average Bonchev–Trinajstić information content (AvgIpc) is 2.92. The number of thioether (sulfide) groups is 1. The first-order chi connectivity index (χ1) is 14.4. The second-order valence-electron chi connectivity index (χ2n) is 7.83. The molecule has 1 saturated heterocycles. The number of halogens is 1. The van der Waals surface area contributed by atoms with E-state index in [1.807, 2.05) is 29.2 Å². The van der Waals surface area contributed by atoms with Crippen molar-refractivity contribution in [2.45, 2.75) is 41.2 Å². The minimum absolute atomic E-state index is 0.0174. The van der Waals surface area contributed by atoms with Crippen molar-refractivity contribution in [3.8, 4) is 0 Å². The monoisotopic (exact) mass is 448 g/mol. The molecule has 5 nitrogen and oxygen atoms in total. The van der Waals surface area contributed by atoms with Crippen LogP contribution in [0.25, 0.3) is 0 Å². The molecule has 2 aliphatic rings. The smallest absolute Gasteiger partial charge is 0.243 e. The fourth-order valence-corrected chi connectivity index (χ4v) is 6.69. The summed E-state index contributed by atoms with van der Waals surface area (Å²) in [5.41, 5.74) is 0.912. The normalized spacial score (nSPS) is 22.9. The maximum absolute atomic E-state index is 13.5. The maximum atomic E-state index is 13.5. The van der Waals surface area contributed by atoms with E-state index < -0.39 is 15.8 Å². The molecule has 2 aliphatic heterocycles. The van der Waals surface area contributed by atoms with Gasteiger partial charge in [0.1, 0.15) is 5.82 Å². The molecule has 30 heavy (non-hydrogen) atoms. The summed E-state index contributed by atoms with van der Waals surface area (Å²) in [5.74, 6) is -0.885. The second kappa shape index (κ2) is 8.69. The number of carbonyl (C=O) groups is 1. The van der Waals surface area contributed by atoms with E-state index >= 15 is 0 Å². The molecule has 0 aliphatic carbocycles. The predicted octanol–water partition coefficient (Wildman–Crippen LogP) is 4.14. The number of carbonyl (C=O) groups excluding carboxylic acids is 1. The number of anilines is 1. The quantitative estimate of drug-likeness (QED) is 0.708. The van der Waals surface area contributed by atoms with Crippen LogP contribution in [0.1, 0.15) is 26.2 Å². The lowest BCUT2D eigenvalue weighted by Crippen LogP contribution is -2.47. The molecule has 0 spiro atoms. The first kappa shape index (κ1) is 21.3.